The molecular weight excluding hydrogens is 351 g/mol. The van der Waals surface area contributed by atoms with Gasteiger partial charge in [-0.25, -0.2) is 0 Å². The second kappa shape index (κ2) is 6.11. The maximum atomic E-state index is 12.6. The quantitative estimate of drug-likeness (QED) is 0.471. The lowest BCUT2D eigenvalue weighted by Crippen LogP contribution is -2.13. The molecule has 0 unspecified atom stereocenters. The van der Waals surface area contributed by atoms with Crippen LogP contribution in [0.15, 0.2) is 47.4 Å². The number of nitrogens with zero attached hydrogens (tertiary/aromatic N) is 1. The number of hydrogen-bond donors (Lipinski definition) is 0. The number of nitro benzene ring substituents is 1. The highest BCUT2D eigenvalue weighted by Gasteiger charge is 2.31. The average molecular weight is 361 g/mol. The summed E-state index contributed by atoms with van der Waals surface area (Å²) in [6, 6.07) is 6.66. The molecule has 2 rings (SSSR count). The molecule has 0 aliphatic carbocycles. The Morgan fingerprint density at radius 2 is 1.75 bits per heavy atom. The van der Waals surface area contributed by atoms with E-state index in [9.17, 15) is 31.7 Å². The summed E-state index contributed by atoms with van der Waals surface area (Å²) in [5.41, 5.74) is -1.69. The molecule has 24 heavy (non-hydrogen) atoms. The minimum Gasteiger partial charge on any atom is -0.379 e. The van der Waals surface area contributed by atoms with Crippen LogP contribution in [-0.2, 0) is 16.3 Å². The van der Waals surface area contributed by atoms with Crippen LogP contribution < -0.4 is 4.18 Å². The second-order valence-corrected chi connectivity index (χ2v) is 6.24. The molecule has 0 saturated heterocycles. The molecule has 0 heterocycles. The Bertz CT molecular complexity index is 894. The van der Waals surface area contributed by atoms with Crippen molar-refractivity contribution in [3.8, 4) is 5.75 Å². The normalized spacial score (nSPS) is 12.0. The van der Waals surface area contributed by atoms with Crippen LogP contribution in [0.5, 0.6) is 5.75 Å². The minimum absolute atomic E-state index is 0.172. The third-order valence-corrected chi connectivity index (χ3v) is 4.48. The van der Waals surface area contributed by atoms with Gasteiger partial charge in [0.05, 0.1) is 10.5 Å². The number of hydrogen-bond acceptors (Lipinski definition) is 5. The molecule has 0 aromatic heterocycles. The lowest BCUT2D eigenvalue weighted by atomic mass is 10.2. The summed E-state index contributed by atoms with van der Waals surface area (Å²) >= 11 is 0. The van der Waals surface area contributed by atoms with Crippen molar-refractivity contribution in [1.82, 2.24) is 0 Å². The predicted molar refractivity (Wildman–Crippen MR) is 77.1 cm³/mol. The Morgan fingerprint density at radius 1 is 1.12 bits per heavy atom. The summed E-state index contributed by atoms with van der Waals surface area (Å²) in [7, 11) is -4.53. The van der Waals surface area contributed by atoms with Crippen molar-refractivity contribution in [2.75, 3.05) is 0 Å². The molecular formula is C14H10F3NO5S. The topological polar surface area (TPSA) is 86.5 Å². The van der Waals surface area contributed by atoms with Crippen LogP contribution in [-0.4, -0.2) is 13.3 Å². The van der Waals surface area contributed by atoms with Crippen molar-refractivity contribution in [3.63, 3.8) is 0 Å². The van der Waals surface area contributed by atoms with Crippen LogP contribution >= 0.6 is 0 Å². The van der Waals surface area contributed by atoms with Gasteiger partial charge >= 0.3 is 16.3 Å². The fourth-order valence-electron chi connectivity index (χ4n) is 1.97. The largest absolute Gasteiger partial charge is 0.416 e. The molecule has 2 aromatic rings. The van der Waals surface area contributed by atoms with E-state index in [1.165, 1.54) is 6.92 Å². The number of benzene rings is 2. The van der Waals surface area contributed by atoms with Gasteiger partial charge in [-0.15, -0.1) is 0 Å². The van der Waals surface area contributed by atoms with Crippen molar-refractivity contribution in [2.24, 2.45) is 0 Å². The van der Waals surface area contributed by atoms with Crippen molar-refractivity contribution in [1.29, 1.82) is 0 Å². The molecule has 0 amide bonds. The molecule has 6 nitrogen and oxygen atoms in total. The number of halogens is 3. The summed E-state index contributed by atoms with van der Waals surface area (Å²) < 4.78 is 67.1. The van der Waals surface area contributed by atoms with E-state index in [0.717, 1.165) is 36.4 Å². The minimum atomic E-state index is -4.66. The molecule has 128 valence electrons. The van der Waals surface area contributed by atoms with Crippen molar-refractivity contribution in [2.45, 2.75) is 18.0 Å². The van der Waals surface area contributed by atoms with Crippen molar-refractivity contribution < 1.29 is 30.7 Å². The highest BCUT2D eigenvalue weighted by atomic mass is 32.2. The van der Waals surface area contributed by atoms with Crippen LogP contribution in [0.4, 0.5) is 18.9 Å². The molecule has 0 aliphatic heterocycles. The van der Waals surface area contributed by atoms with E-state index in [0.29, 0.717) is 6.07 Å². The molecule has 0 aliphatic rings. The Labute approximate surface area is 134 Å². The molecule has 2 aromatic carbocycles. The lowest BCUT2D eigenvalue weighted by Gasteiger charge is -2.11. The fraction of sp³-hybridized carbons (Fsp3) is 0.143. The van der Waals surface area contributed by atoms with E-state index in [1.54, 1.807) is 0 Å². The van der Waals surface area contributed by atoms with Gasteiger partial charge in [0.2, 0.25) is 0 Å². The van der Waals surface area contributed by atoms with Crippen LogP contribution in [0.25, 0.3) is 0 Å². The van der Waals surface area contributed by atoms with Gasteiger partial charge in [0.15, 0.2) is 0 Å². The maximum Gasteiger partial charge on any atom is 0.416 e. The first-order valence-corrected chi connectivity index (χ1v) is 7.79. The summed E-state index contributed by atoms with van der Waals surface area (Å²) in [5, 5.41) is 10.9. The zero-order valence-corrected chi connectivity index (χ0v) is 12.9. The lowest BCUT2D eigenvalue weighted by molar-refractivity contribution is -0.385. The molecule has 0 radical (unpaired) electrons. The molecule has 10 heteroatoms. The highest BCUT2D eigenvalue weighted by molar-refractivity contribution is 7.87. The Morgan fingerprint density at radius 3 is 2.33 bits per heavy atom. The van der Waals surface area contributed by atoms with Crippen LogP contribution in [0, 0.1) is 17.0 Å². The monoisotopic (exact) mass is 361 g/mol. The number of nitro groups is 1. The van der Waals surface area contributed by atoms with E-state index >= 15 is 0 Å². The average Bonchev–Trinajstić information content (AvgIpc) is 2.45. The fourth-order valence-corrected chi connectivity index (χ4v) is 3.14. The molecule has 0 atom stereocenters. The van der Waals surface area contributed by atoms with Gasteiger partial charge in [-0.2, -0.15) is 21.6 Å². The second-order valence-electron chi connectivity index (χ2n) is 4.72. The van der Waals surface area contributed by atoms with E-state index in [2.05, 4.69) is 4.18 Å². The number of rotatable bonds is 4. The maximum absolute atomic E-state index is 12.6. The van der Waals surface area contributed by atoms with Gasteiger partial charge in [0.25, 0.3) is 5.69 Å². The molecule has 0 fully saturated rings. The highest BCUT2D eigenvalue weighted by Crippen LogP contribution is 2.33. The zero-order valence-electron chi connectivity index (χ0n) is 12.1. The van der Waals surface area contributed by atoms with Crippen molar-refractivity contribution in [3.05, 3.63) is 63.7 Å². The van der Waals surface area contributed by atoms with Gasteiger partial charge < -0.3 is 4.18 Å². The first-order valence-electron chi connectivity index (χ1n) is 6.38. The van der Waals surface area contributed by atoms with E-state index < -0.39 is 43.1 Å². The van der Waals surface area contributed by atoms with E-state index in [1.807, 2.05) is 0 Å². The van der Waals surface area contributed by atoms with Gasteiger partial charge in [0.1, 0.15) is 10.6 Å². The summed E-state index contributed by atoms with van der Waals surface area (Å²) in [4.78, 5) is 9.60. The summed E-state index contributed by atoms with van der Waals surface area (Å²) in [6.07, 6.45) is -4.66. The standard InChI is InChI=1S/C14H10F3NO5S/c1-9-12(18(19)20)6-3-7-13(9)24(21,22)23-11-5-2-4-10(8-11)14(15,16)17/h2-8H,1H3. The third kappa shape index (κ3) is 3.65. The molecule has 0 spiro atoms. The molecule has 0 bridgehead atoms. The van der Waals surface area contributed by atoms with Gasteiger partial charge in [-0.1, -0.05) is 12.1 Å². The Balaban J connectivity index is 2.44. The van der Waals surface area contributed by atoms with Crippen LogP contribution in [0.2, 0.25) is 0 Å². The molecule has 0 N–H and O–H groups in total. The van der Waals surface area contributed by atoms with Crippen LogP contribution in [0.1, 0.15) is 11.1 Å². The Hall–Kier alpha value is -2.62. The smallest absolute Gasteiger partial charge is 0.379 e. The summed E-state index contributed by atoms with van der Waals surface area (Å²) in [5.74, 6) is -0.546. The predicted octanol–water partition coefficient (Wildman–Crippen LogP) is 3.69. The third-order valence-electron chi connectivity index (χ3n) is 3.09. The van der Waals surface area contributed by atoms with Gasteiger partial charge in [0, 0.05) is 11.6 Å². The van der Waals surface area contributed by atoms with Crippen LogP contribution in [0.3, 0.4) is 0 Å². The van der Waals surface area contributed by atoms with Crippen molar-refractivity contribution >= 4 is 15.8 Å². The molecule has 0 saturated carbocycles. The number of alkyl halides is 3. The Kier molecular flexibility index (Phi) is 4.52. The van der Waals surface area contributed by atoms with Gasteiger partial charge in [-0.05, 0) is 31.2 Å². The van der Waals surface area contributed by atoms with Gasteiger partial charge in [-0.3, -0.25) is 10.1 Å². The zero-order chi connectivity index (χ0) is 18.1. The first kappa shape index (κ1) is 17.7. The van der Waals surface area contributed by atoms with E-state index in [-0.39, 0.29) is 5.56 Å². The van der Waals surface area contributed by atoms with E-state index in [4.69, 9.17) is 0 Å². The summed E-state index contributed by atoms with van der Waals surface area (Å²) in [6.45, 7) is 1.21. The SMILES string of the molecule is Cc1c([N+](=O)[O-])cccc1S(=O)(=O)Oc1cccc(C(F)(F)F)c1. The first-order chi connectivity index (χ1) is 11.0.